The van der Waals surface area contributed by atoms with E-state index in [4.69, 9.17) is 16.3 Å². The average molecular weight is 344 g/mol. The zero-order chi connectivity index (χ0) is 16.1. The van der Waals surface area contributed by atoms with Gasteiger partial charge < -0.3 is 4.74 Å². The van der Waals surface area contributed by atoms with Gasteiger partial charge in [-0.15, -0.1) is 0 Å². The van der Waals surface area contributed by atoms with E-state index in [0.29, 0.717) is 5.02 Å². The number of hydrogen-bond acceptors (Lipinski definition) is 5. The van der Waals surface area contributed by atoms with Crippen molar-refractivity contribution in [3.05, 3.63) is 65.3 Å². The Morgan fingerprint density at radius 1 is 1.13 bits per heavy atom. The second kappa shape index (κ2) is 7.26. The van der Waals surface area contributed by atoms with Gasteiger partial charge in [-0.3, -0.25) is 5.43 Å². The van der Waals surface area contributed by atoms with E-state index in [2.05, 4.69) is 14.9 Å². The summed E-state index contributed by atoms with van der Waals surface area (Å²) < 4.78 is 9.35. The number of rotatable bonds is 5. The second-order valence-electron chi connectivity index (χ2n) is 4.72. The minimum atomic E-state index is 0.712. The van der Waals surface area contributed by atoms with Crippen LogP contribution in [0.3, 0.4) is 0 Å². The summed E-state index contributed by atoms with van der Waals surface area (Å²) in [4.78, 5) is 0. The van der Waals surface area contributed by atoms with Gasteiger partial charge in [0, 0.05) is 10.6 Å². The maximum atomic E-state index is 5.92. The minimum Gasteiger partial charge on any atom is -0.497 e. The van der Waals surface area contributed by atoms with Gasteiger partial charge in [0.05, 0.1) is 19.5 Å². The molecule has 0 radical (unpaired) electrons. The molecule has 0 saturated heterocycles. The van der Waals surface area contributed by atoms with Gasteiger partial charge in [-0.05, 0) is 59.1 Å². The van der Waals surface area contributed by atoms with Crippen LogP contribution in [-0.4, -0.2) is 17.7 Å². The van der Waals surface area contributed by atoms with Gasteiger partial charge >= 0.3 is 0 Å². The van der Waals surface area contributed by atoms with Gasteiger partial charge in [-0.1, -0.05) is 23.7 Å². The molecule has 0 atom stereocenters. The Morgan fingerprint density at radius 3 is 2.57 bits per heavy atom. The number of halogens is 1. The summed E-state index contributed by atoms with van der Waals surface area (Å²) in [6.07, 6.45) is 3.57. The smallest absolute Gasteiger partial charge is 0.137 e. The fourth-order valence-corrected chi connectivity index (χ4v) is 2.76. The molecule has 3 aromatic rings. The van der Waals surface area contributed by atoms with E-state index in [1.165, 1.54) is 11.5 Å². The summed E-state index contributed by atoms with van der Waals surface area (Å²) in [5, 5.41) is 5.87. The Bertz CT molecular complexity index is 797. The molecule has 0 spiro atoms. The summed E-state index contributed by atoms with van der Waals surface area (Å²) in [6, 6.07) is 15.3. The van der Waals surface area contributed by atoms with E-state index in [-0.39, 0.29) is 0 Å². The third-order valence-corrected chi connectivity index (χ3v) is 4.18. The maximum Gasteiger partial charge on any atom is 0.137 e. The molecule has 0 aliphatic heterocycles. The Balaban J connectivity index is 1.72. The van der Waals surface area contributed by atoms with Crippen LogP contribution >= 0.6 is 23.1 Å². The summed E-state index contributed by atoms with van der Waals surface area (Å²) in [5.41, 5.74) is 6.07. The zero-order valence-electron chi connectivity index (χ0n) is 12.4. The molecule has 0 aliphatic rings. The molecule has 0 saturated carbocycles. The molecule has 1 N–H and O–H groups in total. The minimum absolute atomic E-state index is 0.712. The number of methoxy groups -OCH3 is 1. The summed E-state index contributed by atoms with van der Waals surface area (Å²) >= 11 is 7.29. The summed E-state index contributed by atoms with van der Waals surface area (Å²) in [6.45, 7) is 0. The van der Waals surface area contributed by atoms with E-state index in [1.54, 1.807) is 13.3 Å². The number of hydrogen-bond donors (Lipinski definition) is 1. The first-order valence-electron chi connectivity index (χ1n) is 6.90. The molecule has 23 heavy (non-hydrogen) atoms. The van der Waals surface area contributed by atoms with Crippen LogP contribution in [0.15, 0.2) is 59.8 Å². The van der Waals surface area contributed by atoms with Crippen LogP contribution in [0, 0.1) is 0 Å². The van der Waals surface area contributed by atoms with E-state index < -0.39 is 0 Å². The van der Waals surface area contributed by atoms with Crippen molar-refractivity contribution in [1.29, 1.82) is 0 Å². The summed E-state index contributed by atoms with van der Waals surface area (Å²) in [7, 11) is 1.65. The molecule has 116 valence electrons. The van der Waals surface area contributed by atoms with Crippen molar-refractivity contribution in [2.45, 2.75) is 0 Å². The third-order valence-electron chi connectivity index (χ3n) is 3.22. The maximum absolute atomic E-state index is 5.92. The quantitative estimate of drug-likeness (QED) is 0.528. The summed E-state index contributed by atoms with van der Waals surface area (Å²) in [5.74, 6) is 0.822. The van der Waals surface area contributed by atoms with E-state index >= 15 is 0 Å². The van der Waals surface area contributed by atoms with Crippen molar-refractivity contribution in [2.24, 2.45) is 5.10 Å². The van der Waals surface area contributed by atoms with Crippen LogP contribution in [0.5, 0.6) is 5.75 Å². The standard InChI is InChI=1S/C17H14ClN3OS/c1-22-15-8-2-12(3-9-15)10-19-21-17-16(11-20-23-17)13-4-6-14(18)7-5-13/h2-11,21H,1H3/b19-10+. The second-order valence-corrected chi connectivity index (χ2v) is 5.96. The highest BCUT2D eigenvalue weighted by atomic mass is 35.5. The van der Waals surface area contributed by atoms with Crippen LogP contribution in [0.1, 0.15) is 5.56 Å². The van der Waals surface area contributed by atoms with Crippen molar-refractivity contribution in [1.82, 2.24) is 4.37 Å². The Kier molecular flexibility index (Phi) is 4.90. The van der Waals surface area contributed by atoms with Gasteiger partial charge in [0.2, 0.25) is 0 Å². The van der Waals surface area contributed by atoms with Crippen molar-refractivity contribution >= 4 is 34.3 Å². The fraction of sp³-hybridized carbons (Fsp3) is 0.0588. The molecular weight excluding hydrogens is 330 g/mol. The van der Waals surface area contributed by atoms with E-state index in [9.17, 15) is 0 Å². The number of ether oxygens (including phenoxy) is 1. The molecule has 1 heterocycles. The molecule has 2 aromatic carbocycles. The lowest BCUT2D eigenvalue weighted by molar-refractivity contribution is 0.415. The number of anilines is 1. The molecule has 6 heteroatoms. The normalized spacial score (nSPS) is 10.9. The van der Waals surface area contributed by atoms with Crippen LogP contribution < -0.4 is 10.2 Å². The number of benzene rings is 2. The van der Waals surface area contributed by atoms with Crippen LogP contribution in [0.2, 0.25) is 5.02 Å². The molecule has 0 bridgehead atoms. The molecule has 1 aromatic heterocycles. The van der Waals surface area contributed by atoms with Gasteiger partial charge in [-0.2, -0.15) is 9.47 Å². The highest BCUT2D eigenvalue weighted by Crippen LogP contribution is 2.31. The molecule has 0 unspecified atom stereocenters. The SMILES string of the molecule is COc1ccc(/C=N/Nc2sncc2-c2ccc(Cl)cc2)cc1. The van der Waals surface area contributed by atoms with Crippen LogP contribution in [-0.2, 0) is 0 Å². The van der Waals surface area contributed by atoms with E-state index in [1.807, 2.05) is 54.7 Å². The molecule has 0 amide bonds. The molecule has 3 rings (SSSR count). The fourth-order valence-electron chi connectivity index (χ4n) is 2.01. The predicted octanol–water partition coefficient (Wildman–Crippen LogP) is 4.92. The highest BCUT2D eigenvalue weighted by molar-refractivity contribution is 7.10. The van der Waals surface area contributed by atoms with Gasteiger partial charge in [0.15, 0.2) is 0 Å². The van der Waals surface area contributed by atoms with Crippen molar-refractivity contribution in [2.75, 3.05) is 12.5 Å². The number of aromatic nitrogens is 1. The molecule has 0 fully saturated rings. The number of nitrogens with one attached hydrogen (secondary N) is 1. The van der Waals surface area contributed by atoms with Crippen LogP contribution in [0.25, 0.3) is 11.1 Å². The van der Waals surface area contributed by atoms with Crippen molar-refractivity contribution in [3.8, 4) is 16.9 Å². The molecular formula is C17H14ClN3OS. The van der Waals surface area contributed by atoms with Crippen molar-refractivity contribution < 1.29 is 4.74 Å². The lowest BCUT2D eigenvalue weighted by Crippen LogP contribution is -1.90. The predicted molar refractivity (Wildman–Crippen MR) is 96.8 cm³/mol. The largest absolute Gasteiger partial charge is 0.497 e. The lowest BCUT2D eigenvalue weighted by atomic mass is 10.1. The van der Waals surface area contributed by atoms with E-state index in [0.717, 1.165) is 27.4 Å². The molecule has 0 aliphatic carbocycles. The van der Waals surface area contributed by atoms with Crippen molar-refractivity contribution in [3.63, 3.8) is 0 Å². The van der Waals surface area contributed by atoms with Crippen LogP contribution in [0.4, 0.5) is 5.00 Å². The Labute approximate surface area is 143 Å². The number of hydrazone groups is 1. The first-order chi connectivity index (χ1) is 11.3. The zero-order valence-corrected chi connectivity index (χ0v) is 13.9. The van der Waals surface area contributed by atoms with Gasteiger partial charge in [-0.25, -0.2) is 0 Å². The van der Waals surface area contributed by atoms with Gasteiger partial charge in [0.25, 0.3) is 0 Å². The molecule has 4 nitrogen and oxygen atoms in total. The third kappa shape index (κ3) is 3.88. The monoisotopic (exact) mass is 343 g/mol. The lowest BCUT2D eigenvalue weighted by Gasteiger charge is -2.02. The number of nitrogens with zero attached hydrogens (tertiary/aromatic N) is 2. The Hall–Kier alpha value is -2.37. The topological polar surface area (TPSA) is 46.5 Å². The van der Waals surface area contributed by atoms with Gasteiger partial charge in [0.1, 0.15) is 10.8 Å². The first kappa shape index (κ1) is 15.5. The highest BCUT2D eigenvalue weighted by Gasteiger charge is 2.07. The average Bonchev–Trinajstić information content (AvgIpc) is 3.05. The Morgan fingerprint density at radius 2 is 1.87 bits per heavy atom. The first-order valence-corrected chi connectivity index (χ1v) is 8.05.